The first-order valence-corrected chi connectivity index (χ1v) is 7.35. The van der Waals surface area contributed by atoms with Crippen LogP contribution in [-0.4, -0.2) is 52.0 Å². The van der Waals surface area contributed by atoms with E-state index in [0.29, 0.717) is 5.92 Å². The number of methoxy groups -OCH3 is 1. The third kappa shape index (κ3) is 6.05. The fourth-order valence-electron chi connectivity index (χ4n) is 1.59. The van der Waals surface area contributed by atoms with Crippen LogP contribution in [0.25, 0.3) is 0 Å². The molecule has 114 valence electrons. The van der Waals surface area contributed by atoms with E-state index in [4.69, 9.17) is 5.73 Å². The molecule has 1 unspecified atom stereocenters. The SMILES string of the molecule is COC(=O)CCN(C)S(=O)(=O)NC(CN)C1CC1.Cl. The Morgan fingerprint density at radius 2 is 2.11 bits per heavy atom. The van der Waals surface area contributed by atoms with Crippen LogP contribution in [0.3, 0.4) is 0 Å². The Morgan fingerprint density at radius 3 is 2.53 bits per heavy atom. The van der Waals surface area contributed by atoms with Crippen molar-refractivity contribution in [2.24, 2.45) is 11.7 Å². The number of nitrogens with zero attached hydrogens (tertiary/aromatic N) is 1. The Morgan fingerprint density at radius 1 is 1.53 bits per heavy atom. The fraction of sp³-hybridized carbons (Fsp3) is 0.900. The van der Waals surface area contributed by atoms with Gasteiger partial charge in [0, 0.05) is 26.2 Å². The van der Waals surface area contributed by atoms with Crippen molar-refractivity contribution < 1.29 is 17.9 Å². The number of ether oxygens (including phenoxy) is 1. The Labute approximate surface area is 120 Å². The molecule has 1 rings (SSSR count). The van der Waals surface area contributed by atoms with Gasteiger partial charge in [0.05, 0.1) is 13.5 Å². The highest BCUT2D eigenvalue weighted by Crippen LogP contribution is 2.32. The minimum atomic E-state index is -3.58. The number of halogens is 1. The van der Waals surface area contributed by atoms with Gasteiger partial charge in [-0.15, -0.1) is 12.4 Å². The fourth-order valence-corrected chi connectivity index (χ4v) is 2.77. The first kappa shape index (κ1) is 18.6. The van der Waals surface area contributed by atoms with Crippen molar-refractivity contribution in [2.75, 3.05) is 27.2 Å². The number of carbonyl (C=O) groups is 1. The molecule has 0 aromatic rings. The summed E-state index contributed by atoms with van der Waals surface area (Å²) in [7, 11) is -0.892. The zero-order chi connectivity index (χ0) is 13.8. The van der Waals surface area contributed by atoms with E-state index in [0.717, 1.165) is 17.1 Å². The van der Waals surface area contributed by atoms with Gasteiger partial charge in [-0.05, 0) is 18.8 Å². The lowest BCUT2D eigenvalue weighted by atomic mass is 10.2. The van der Waals surface area contributed by atoms with Crippen LogP contribution in [0.2, 0.25) is 0 Å². The highest BCUT2D eigenvalue weighted by atomic mass is 35.5. The number of carbonyl (C=O) groups excluding carboxylic acids is 1. The van der Waals surface area contributed by atoms with Crippen molar-refractivity contribution >= 4 is 28.6 Å². The Balaban J connectivity index is 0.00000324. The molecule has 0 spiro atoms. The summed E-state index contributed by atoms with van der Waals surface area (Å²) in [5.74, 6) is -0.0894. The van der Waals surface area contributed by atoms with Crippen LogP contribution in [0.5, 0.6) is 0 Å². The maximum absolute atomic E-state index is 11.9. The van der Waals surface area contributed by atoms with E-state index in [1.165, 1.54) is 14.2 Å². The van der Waals surface area contributed by atoms with Gasteiger partial charge in [-0.2, -0.15) is 17.4 Å². The molecule has 0 aliphatic heterocycles. The number of hydrogen-bond donors (Lipinski definition) is 2. The van der Waals surface area contributed by atoms with Crippen LogP contribution in [0.15, 0.2) is 0 Å². The minimum absolute atomic E-state index is 0. The van der Waals surface area contributed by atoms with Crippen LogP contribution in [-0.2, 0) is 19.7 Å². The van der Waals surface area contributed by atoms with E-state index in [1.54, 1.807) is 0 Å². The summed E-state index contributed by atoms with van der Waals surface area (Å²) in [4.78, 5) is 11.0. The summed E-state index contributed by atoms with van der Waals surface area (Å²) in [5, 5.41) is 0. The van der Waals surface area contributed by atoms with Gasteiger partial charge in [0.25, 0.3) is 10.2 Å². The number of esters is 1. The van der Waals surface area contributed by atoms with Crippen LogP contribution < -0.4 is 10.5 Å². The Bertz CT molecular complexity index is 386. The van der Waals surface area contributed by atoms with Crippen molar-refractivity contribution in [3.63, 3.8) is 0 Å². The van der Waals surface area contributed by atoms with E-state index in [2.05, 4.69) is 9.46 Å². The van der Waals surface area contributed by atoms with Gasteiger partial charge in [0.1, 0.15) is 0 Å². The lowest BCUT2D eigenvalue weighted by molar-refractivity contribution is -0.140. The predicted octanol–water partition coefficient (Wildman–Crippen LogP) is -0.525. The molecular formula is C10H22ClN3O4S. The lowest BCUT2D eigenvalue weighted by Gasteiger charge is -2.22. The molecule has 3 N–H and O–H groups in total. The number of rotatable bonds is 8. The average molecular weight is 316 g/mol. The second-order valence-corrected chi connectivity index (χ2v) is 6.26. The second-order valence-electron chi connectivity index (χ2n) is 4.45. The first-order chi connectivity index (χ1) is 8.40. The van der Waals surface area contributed by atoms with Crippen molar-refractivity contribution in [3.05, 3.63) is 0 Å². The third-order valence-electron chi connectivity index (χ3n) is 3.01. The van der Waals surface area contributed by atoms with Gasteiger partial charge in [0.2, 0.25) is 0 Å². The third-order valence-corrected chi connectivity index (χ3v) is 4.62. The zero-order valence-electron chi connectivity index (χ0n) is 11.2. The first-order valence-electron chi connectivity index (χ1n) is 5.91. The van der Waals surface area contributed by atoms with E-state index >= 15 is 0 Å². The summed E-state index contributed by atoms with van der Waals surface area (Å²) in [6.07, 6.45) is 2.05. The molecule has 19 heavy (non-hydrogen) atoms. The van der Waals surface area contributed by atoms with Crippen molar-refractivity contribution in [1.82, 2.24) is 9.03 Å². The largest absolute Gasteiger partial charge is 0.469 e. The van der Waals surface area contributed by atoms with Gasteiger partial charge < -0.3 is 10.5 Å². The summed E-state index contributed by atoms with van der Waals surface area (Å²) in [6, 6.07) is -0.212. The predicted molar refractivity (Wildman–Crippen MR) is 74.1 cm³/mol. The highest BCUT2D eigenvalue weighted by molar-refractivity contribution is 7.87. The van der Waals surface area contributed by atoms with Crippen LogP contribution in [0.1, 0.15) is 19.3 Å². The van der Waals surface area contributed by atoms with Crippen molar-refractivity contribution in [1.29, 1.82) is 0 Å². The monoisotopic (exact) mass is 315 g/mol. The van der Waals surface area contributed by atoms with Gasteiger partial charge in [-0.1, -0.05) is 0 Å². The summed E-state index contributed by atoms with van der Waals surface area (Å²) in [5.41, 5.74) is 5.55. The normalized spacial score (nSPS) is 16.8. The maximum atomic E-state index is 11.9. The van der Waals surface area contributed by atoms with E-state index in [1.807, 2.05) is 0 Å². The van der Waals surface area contributed by atoms with E-state index < -0.39 is 16.2 Å². The summed E-state index contributed by atoms with van der Waals surface area (Å²) >= 11 is 0. The Kier molecular flexibility index (Phi) is 7.83. The smallest absolute Gasteiger partial charge is 0.306 e. The van der Waals surface area contributed by atoms with Gasteiger partial charge in [0.15, 0.2) is 0 Å². The molecule has 0 aromatic heterocycles. The van der Waals surface area contributed by atoms with E-state index in [9.17, 15) is 13.2 Å². The molecule has 0 amide bonds. The standard InChI is InChI=1S/C10H21N3O4S.ClH/c1-13(6-5-10(14)17-2)18(15,16)12-9(7-11)8-3-4-8;/h8-9,12H,3-7,11H2,1-2H3;1H. The minimum Gasteiger partial charge on any atom is -0.469 e. The van der Waals surface area contributed by atoms with Crippen LogP contribution in [0.4, 0.5) is 0 Å². The van der Waals surface area contributed by atoms with Crippen LogP contribution in [0, 0.1) is 5.92 Å². The molecule has 1 fully saturated rings. The van der Waals surface area contributed by atoms with Gasteiger partial charge in [-0.3, -0.25) is 4.79 Å². The lowest BCUT2D eigenvalue weighted by Crippen LogP contribution is -2.48. The van der Waals surface area contributed by atoms with Crippen molar-refractivity contribution in [3.8, 4) is 0 Å². The molecule has 0 bridgehead atoms. The van der Waals surface area contributed by atoms with Gasteiger partial charge >= 0.3 is 5.97 Å². The second kappa shape index (κ2) is 8.01. The zero-order valence-corrected chi connectivity index (χ0v) is 12.8. The molecule has 0 saturated heterocycles. The Hall–Kier alpha value is -0.410. The molecule has 9 heteroatoms. The molecule has 1 saturated carbocycles. The average Bonchev–Trinajstić information content (AvgIpc) is 3.16. The molecule has 1 aliphatic rings. The molecular weight excluding hydrogens is 294 g/mol. The molecule has 0 radical (unpaired) electrons. The molecule has 0 aromatic carbocycles. The van der Waals surface area contributed by atoms with Crippen molar-refractivity contribution in [2.45, 2.75) is 25.3 Å². The highest BCUT2D eigenvalue weighted by Gasteiger charge is 2.34. The number of hydrogen-bond acceptors (Lipinski definition) is 5. The molecule has 1 atom stereocenters. The number of nitrogens with one attached hydrogen (secondary N) is 1. The van der Waals surface area contributed by atoms with Crippen LogP contribution >= 0.6 is 12.4 Å². The maximum Gasteiger partial charge on any atom is 0.306 e. The molecule has 0 heterocycles. The summed E-state index contributed by atoms with van der Waals surface area (Å²) < 4.78 is 32.0. The number of nitrogens with two attached hydrogens (primary N) is 1. The molecule has 1 aliphatic carbocycles. The molecule has 7 nitrogen and oxygen atoms in total. The summed E-state index contributed by atoms with van der Waals surface area (Å²) in [6.45, 7) is 0.374. The quantitative estimate of drug-likeness (QED) is 0.587. The van der Waals surface area contributed by atoms with Gasteiger partial charge in [-0.25, -0.2) is 0 Å². The topological polar surface area (TPSA) is 102 Å². The van der Waals surface area contributed by atoms with E-state index in [-0.39, 0.29) is 38.0 Å².